The molecule has 2 aliphatic heterocycles. The standard InChI is InChI=1S/C21H24N6O4/c1-2-31-20(30)12-5-7-13(8-6-12)23-19(29)14-11-15(28)24-18-16(14)17(22)25-21(26-18)27-9-3-4-10-27/h5-8,14H,2-4,9-11H2,1H3,(H,23,29)(H3,22,24,25,26,28)/t14-/m1/s1. The quantitative estimate of drug-likeness (QED) is 0.619. The molecule has 0 saturated carbocycles. The molecule has 2 aliphatic rings. The monoisotopic (exact) mass is 424 g/mol. The van der Waals surface area contributed by atoms with Crippen molar-refractivity contribution in [1.82, 2.24) is 9.97 Å². The average Bonchev–Trinajstić information content (AvgIpc) is 3.28. The highest BCUT2D eigenvalue weighted by molar-refractivity contribution is 6.05. The Kier molecular flexibility index (Phi) is 5.70. The number of nitrogens with two attached hydrogens (primary N) is 1. The van der Waals surface area contributed by atoms with Crippen LogP contribution in [0.2, 0.25) is 0 Å². The number of nitrogens with zero attached hydrogens (tertiary/aromatic N) is 3. The van der Waals surface area contributed by atoms with Gasteiger partial charge in [0.15, 0.2) is 0 Å². The van der Waals surface area contributed by atoms with E-state index in [1.54, 1.807) is 31.2 Å². The van der Waals surface area contributed by atoms with Gasteiger partial charge in [0.25, 0.3) is 0 Å². The van der Waals surface area contributed by atoms with E-state index in [0.717, 1.165) is 25.9 Å². The first-order valence-corrected chi connectivity index (χ1v) is 10.3. The zero-order valence-corrected chi connectivity index (χ0v) is 17.2. The first-order valence-electron chi connectivity index (χ1n) is 10.3. The number of hydrogen-bond acceptors (Lipinski definition) is 8. The van der Waals surface area contributed by atoms with Crippen LogP contribution in [-0.4, -0.2) is 47.4 Å². The van der Waals surface area contributed by atoms with E-state index in [2.05, 4.69) is 20.6 Å². The predicted octanol–water partition coefficient (Wildman–Crippen LogP) is 1.90. The van der Waals surface area contributed by atoms with Gasteiger partial charge in [-0.05, 0) is 44.0 Å². The lowest BCUT2D eigenvalue weighted by Crippen LogP contribution is -2.33. The Bertz CT molecular complexity index is 1020. The maximum Gasteiger partial charge on any atom is 0.338 e. The van der Waals surface area contributed by atoms with Gasteiger partial charge in [0.2, 0.25) is 17.8 Å². The second-order valence-electron chi connectivity index (χ2n) is 7.46. The third-order valence-corrected chi connectivity index (χ3v) is 5.33. The third kappa shape index (κ3) is 4.27. The molecule has 0 spiro atoms. The van der Waals surface area contributed by atoms with Gasteiger partial charge in [-0.25, -0.2) is 4.79 Å². The summed E-state index contributed by atoms with van der Waals surface area (Å²) >= 11 is 0. The van der Waals surface area contributed by atoms with E-state index in [9.17, 15) is 14.4 Å². The Morgan fingerprint density at radius 3 is 2.61 bits per heavy atom. The summed E-state index contributed by atoms with van der Waals surface area (Å²) in [5.41, 5.74) is 7.49. The van der Waals surface area contributed by atoms with Crippen molar-refractivity contribution >= 4 is 41.1 Å². The highest BCUT2D eigenvalue weighted by atomic mass is 16.5. The lowest BCUT2D eigenvalue weighted by atomic mass is 9.92. The van der Waals surface area contributed by atoms with Crippen LogP contribution in [0, 0.1) is 0 Å². The smallest absolute Gasteiger partial charge is 0.338 e. The number of esters is 1. The molecule has 1 atom stereocenters. The maximum absolute atomic E-state index is 13.0. The SMILES string of the molecule is CCOC(=O)c1ccc(NC(=O)[C@@H]2CC(=O)Nc3nc(N4CCCC4)nc(N)c32)cc1. The van der Waals surface area contributed by atoms with Crippen molar-refractivity contribution in [2.75, 3.05) is 41.0 Å². The fraction of sp³-hybridized carbons (Fsp3) is 0.381. The molecule has 4 N–H and O–H groups in total. The molecule has 1 aromatic carbocycles. The summed E-state index contributed by atoms with van der Waals surface area (Å²) in [4.78, 5) is 47.9. The van der Waals surface area contributed by atoms with Crippen LogP contribution in [0.15, 0.2) is 24.3 Å². The number of aromatic nitrogens is 2. The number of fused-ring (bicyclic) bond motifs is 1. The number of amides is 2. The second-order valence-corrected chi connectivity index (χ2v) is 7.46. The normalized spacial score (nSPS) is 17.6. The Hall–Kier alpha value is -3.69. The number of nitrogen functional groups attached to an aromatic ring is 1. The molecule has 0 radical (unpaired) electrons. The van der Waals surface area contributed by atoms with Crippen LogP contribution in [-0.2, 0) is 14.3 Å². The van der Waals surface area contributed by atoms with Crippen LogP contribution in [0.5, 0.6) is 0 Å². The molecule has 10 heteroatoms. The number of rotatable bonds is 5. The van der Waals surface area contributed by atoms with Crippen LogP contribution in [0.4, 0.5) is 23.3 Å². The highest BCUT2D eigenvalue weighted by Crippen LogP contribution is 2.37. The second kappa shape index (κ2) is 8.58. The number of carbonyl (C=O) groups is 3. The molecule has 3 heterocycles. The summed E-state index contributed by atoms with van der Waals surface area (Å²) < 4.78 is 4.95. The minimum Gasteiger partial charge on any atom is -0.462 e. The van der Waals surface area contributed by atoms with Crippen LogP contribution in [0.25, 0.3) is 0 Å². The van der Waals surface area contributed by atoms with Gasteiger partial charge in [0.1, 0.15) is 11.6 Å². The molecule has 31 heavy (non-hydrogen) atoms. The van der Waals surface area contributed by atoms with Crippen molar-refractivity contribution in [2.24, 2.45) is 0 Å². The van der Waals surface area contributed by atoms with Gasteiger partial charge in [-0.15, -0.1) is 0 Å². The van der Waals surface area contributed by atoms with Gasteiger partial charge in [-0.1, -0.05) is 0 Å². The number of ether oxygens (including phenoxy) is 1. The number of nitrogens with one attached hydrogen (secondary N) is 2. The summed E-state index contributed by atoms with van der Waals surface area (Å²) in [6.45, 7) is 3.67. The molecule has 0 bridgehead atoms. The van der Waals surface area contributed by atoms with Gasteiger partial charge in [0, 0.05) is 25.2 Å². The van der Waals surface area contributed by atoms with E-state index in [-0.39, 0.29) is 30.6 Å². The number of benzene rings is 1. The fourth-order valence-corrected chi connectivity index (χ4v) is 3.80. The van der Waals surface area contributed by atoms with Crippen molar-refractivity contribution < 1.29 is 19.1 Å². The molecular formula is C21H24N6O4. The highest BCUT2D eigenvalue weighted by Gasteiger charge is 2.35. The summed E-state index contributed by atoms with van der Waals surface area (Å²) in [6.07, 6.45) is 2.04. The minimum absolute atomic E-state index is 0.0592. The first-order chi connectivity index (χ1) is 15.0. The van der Waals surface area contributed by atoms with E-state index in [0.29, 0.717) is 22.8 Å². The van der Waals surface area contributed by atoms with Crippen LogP contribution < -0.4 is 21.3 Å². The molecule has 1 saturated heterocycles. The lowest BCUT2D eigenvalue weighted by Gasteiger charge is -2.26. The van der Waals surface area contributed by atoms with Crippen molar-refractivity contribution in [3.63, 3.8) is 0 Å². The van der Waals surface area contributed by atoms with Gasteiger partial charge in [0.05, 0.1) is 23.7 Å². The summed E-state index contributed by atoms with van der Waals surface area (Å²) in [5.74, 6) is -1.03. The summed E-state index contributed by atoms with van der Waals surface area (Å²) in [6, 6.07) is 6.33. The van der Waals surface area contributed by atoms with Crippen molar-refractivity contribution in [1.29, 1.82) is 0 Å². The van der Waals surface area contributed by atoms with E-state index in [1.165, 1.54) is 0 Å². The molecule has 1 fully saturated rings. The fourth-order valence-electron chi connectivity index (χ4n) is 3.80. The van der Waals surface area contributed by atoms with Gasteiger partial charge < -0.3 is 26.0 Å². The third-order valence-electron chi connectivity index (χ3n) is 5.33. The topological polar surface area (TPSA) is 140 Å². The van der Waals surface area contributed by atoms with E-state index in [1.807, 2.05) is 4.90 Å². The minimum atomic E-state index is -0.818. The molecule has 162 valence electrons. The Labute approximate surface area is 179 Å². The van der Waals surface area contributed by atoms with E-state index in [4.69, 9.17) is 10.5 Å². The van der Waals surface area contributed by atoms with E-state index >= 15 is 0 Å². The van der Waals surface area contributed by atoms with Crippen LogP contribution >= 0.6 is 0 Å². The lowest BCUT2D eigenvalue weighted by molar-refractivity contribution is -0.123. The zero-order valence-electron chi connectivity index (χ0n) is 17.2. The zero-order chi connectivity index (χ0) is 22.0. The molecule has 0 aliphatic carbocycles. The molecule has 0 unspecified atom stereocenters. The maximum atomic E-state index is 13.0. The molecule has 1 aromatic heterocycles. The van der Waals surface area contributed by atoms with Crippen molar-refractivity contribution in [3.05, 3.63) is 35.4 Å². The summed E-state index contributed by atoms with van der Waals surface area (Å²) in [7, 11) is 0. The largest absolute Gasteiger partial charge is 0.462 e. The van der Waals surface area contributed by atoms with Crippen LogP contribution in [0.1, 0.15) is 48.0 Å². The van der Waals surface area contributed by atoms with E-state index < -0.39 is 17.8 Å². The van der Waals surface area contributed by atoms with Gasteiger partial charge >= 0.3 is 5.97 Å². The molecule has 2 amide bonds. The molecule has 10 nitrogen and oxygen atoms in total. The van der Waals surface area contributed by atoms with Gasteiger partial charge in [-0.2, -0.15) is 9.97 Å². The first kappa shape index (κ1) is 20.6. The Morgan fingerprint density at radius 2 is 1.94 bits per heavy atom. The number of hydrogen-bond donors (Lipinski definition) is 3. The van der Waals surface area contributed by atoms with Crippen LogP contribution in [0.3, 0.4) is 0 Å². The summed E-state index contributed by atoms with van der Waals surface area (Å²) in [5, 5.41) is 5.49. The Morgan fingerprint density at radius 1 is 1.23 bits per heavy atom. The van der Waals surface area contributed by atoms with Crippen molar-refractivity contribution in [3.8, 4) is 0 Å². The average molecular weight is 424 g/mol. The molecule has 4 rings (SSSR count). The van der Waals surface area contributed by atoms with Crippen molar-refractivity contribution in [2.45, 2.75) is 32.1 Å². The predicted molar refractivity (Wildman–Crippen MR) is 115 cm³/mol. The Balaban J connectivity index is 1.55. The molecule has 2 aromatic rings. The number of anilines is 4. The van der Waals surface area contributed by atoms with Gasteiger partial charge in [-0.3, -0.25) is 9.59 Å². The molecular weight excluding hydrogens is 400 g/mol. The number of carbonyl (C=O) groups excluding carboxylic acids is 3.